The maximum absolute atomic E-state index is 13.5. The maximum atomic E-state index is 13.5. The Labute approximate surface area is 288 Å². The highest BCUT2D eigenvalue weighted by Gasteiger charge is 2.30. The van der Waals surface area contributed by atoms with E-state index in [1.807, 2.05) is 67.8 Å². The lowest BCUT2D eigenvalue weighted by Gasteiger charge is -2.38. The highest BCUT2D eigenvalue weighted by atomic mass is 16.5. The van der Waals surface area contributed by atoms with Crippen molar-refractivity contribution in [2.45, 2.75) is 83.5 Å². The van der Waals surface area contributed by atoms with Crippen LogP contribution in [0.4, 0.5) is 10.5 Å². The van der Waals surface area contributed by atoms with Gasteiger partial charge in [0.05, 0.1) is 18.3 Å². The summed E-state index contributed by atoms with van der Waals surface area (Å²) in [5.74, 6) is 1.32. The molecule has 0 spiro atoms. The van der Waals surface area contributed by atoms with Gasteiger partial charge in [-0.3, -0.25) is 14.1 Å². The number of pyridine rings is 2. The summed E-state index contributed by atoms with van der Waals surface area (Å²) in [5.41, 5.74) is 3.81. The Morgan fingerprint density at radius 2 is 1.69 bits per heavy atom. The van der Waals surface area contributed by atoms with E-state index in [1.165, 1.54) is 0 Å². The van der Waals surface area contributed by atoms with E-state index in [-0.39, 0.29) is 46.7 Å². The summed E-state index contributed by atoms with van der Waals surface area (Å²) >= 11 is 0. The average Bonchev–Trinajstić information content (AvgIpc) is 3.47. The largest absolute Gasteiger partial charge is 0.484 e. The van der Waals surface area contributed by atoms with Crippen molar-refractivity contribution in [2.24, 2.45) is 0 Å². The van der Waals surface area contributed by atoms with Crippen molar-refractivity contribution in [2.75, 3.05) is 38.6 Å². The number of rotatable bonds is 9. The molecule has 49 heavy (non-hydrogen) atoms. The molecule has 3 N–H and O–H groups in total. The first-order valence-corrected chi connectivity index (χ1v) is 17.0. The molecule has 4 heterocycles. The Bertz CT molecular complexity index is 1820. The Kier molecular flexibility index (Phi) is 9.63. The summed E-state index contributed by atoms with van der Waals surface area (Å²) in [6, 6.07) is 14.8. The zero-order valence-electron chi connectivity index (χ0n) is 29.5. The molecule has 12 nitrogen and oxygen atoms in total. The van der Waals surface area contributed by atoms with Gasteiger partial charge in [-0.15, -0.1) is 10.2 Å². The zero-order valence-corrected chi connectivity index (χ0v) is 29.5. The second kappa shape index (κ2) is 13.8. The molecule has 0 unspecified atom stereocenters. The number of amides is 3. The number of aromatic nitrogens is 4. The van der Waals surface area contributed by atoms with Gasteiger partial charge in [0.1, 0.15) is 23.4 Å². The molecule has 260 valence electrons. The Morgan fingerprint density at radius 1 is 0.939 bits per heavy atom. The van der Waals surface area contributed by atoms with E-state index in [9.17, 15) is 9.59 Å². The summed E-state index contributed by atoms with van der Waals surface area (Å²) in [7, 11) is 1.72. The van der Waals surface area contributed by atoms with Crippen molar-refractivity contribution < 1.29 is 19.1 Å². The van der Waals surface area contributed by atoms with Crippen molar-refractivity contribution in [1.29, 1.82) is 0 Å². The Morgan fingerprint density at radius 3 is 2.41 bits per heavy atom. The molecule has 0 bridgehead atoms. The topological polar surface area (TPSA) is 135 Å². The van der Waals surface area contributed by atoms with Gasteiger partial charge in [0.15, 0.2) is 5.65 Å². The summed E-state index contributed by atoms with van der Waals surface area (Å²) < 4.78 is 13.9. The van der Waals surface area contributed by atoms with Crippen LogP contribution >= 0.6 is 0 Å². The minimum Gasteiger partial charge on any atom is -0.484 e. The van der Waals surface area contributed by atoms with Gasteiger partial charge in [0.25, 0.3) is 5.91 Å². The number of anilines is 1. The van der Waals surface area contributed by atoms with E-state index >= 15 is 0 Å². The molecule has 1 saturated heterocycles. The minimum absolute atomic E-state index is 0.170. The summed E-state index contributed by atoms with van der Waals surface area (Å²) in [6.07, 6.45) is 3.44. The lowest BCUT2D eigenvalue weighted by molar-refractivity contribution is -0.0281. The maximum Gasteiger partial charge on any atom is 0.319 e. The quantitative estimate of drug-likeness (QED) is 0.211. The first-order chi connectivity index (χ1) is 23.3. The molecule has 6 rings (SSSR count). The van der Waals surface area contributed by atoms with Crippen LogP contribution in [0.3, 0.4) is 0 Å². The predicted molar refractivity (Wildman–Crippen MR) is 188 cm³/mol. The van der Waals surface area contributed by atoms with Crippen LogP contribution in [-0.4, -0.2) is 75.8 Å². The molecule has 4 aromatic rings. The molecule has 1 aromatic carbocycles. The van der Waals surface area contributed by atoms with Crippen LogP contribution in [0.5, 0.6) is 5.75 Å². The van der Waals surface area contributed by atoms with Crippen LogP contribution < -0.4 is 20.7 Å². The number of likely N-dealkylation sites (tertiary alicyclic amines) is 1. The van der Waals surface area contributed by atoms with E-state index in [0.29, 0.717) is 30.8 Å². The number of hydrogen-bond donors (Lipinski definition) is 3. The molecule has 0 radical (unpaired) electrons. The minimum atomic E-state index is -0.352. The second-order valence-electron chi connectivity index (χ2n) is 15.1. The van der Waals surface area contributed by atoms with Crippen molar-refractivity contribution in [3.05, 3.63) is 83.1 Å². The van der Waals surface area contributed by atoms with Crippen LogP contribution in [0.25, 0.3) is 5.65 Å². The number of nitrogens with zero attached hydrogens (tertiary/aromatic N) is 5. The van der Waals surface area contributed by atoms with Crippen LogP contribution in [0.15, 0.2) is 54.7 Å². The number of methoxy groups -OCH3 is 1. The van der Waals surface area contributed by atoms with E-state index in [0.717, 1.165) is 48.0 Å². The van der Waals surface area contributed by atoms with Crippen molar-refractivity contribution >= 4 is 23.3 Å². The summed E-state index contributed by atoms with van der Waals surface area (Å²) in [5, 5.41) is 17.8. The van der Waals surface area contributed by atoms with Gasteiger partial charge in [-0.2, -0.15) is 0 Å². The molecule has 2 atom stereocenters. The molecule has 1 fully saturated rings. The molecule has 1 aliphatic carbocycles. The number of urea groups is 1. The van der Waals surface area contributed by atoms with Crippen LogP contribution in [-0.2, 0) is 15.6 Å². The van der Waals surface area contributed by atoms with Gasteiger partial charge >= 0.3 is 6.03 Å². The summed E-state index contributed by atoms with van der Waals surface area (Å²) in [4.78, 5) is 33.5. The third kappa shape index (κ3) is 7.86. The molecule has 1 aliphatic heterocycles. The van der Waals surface area contributed by atoms with Crippen LogP contribution in [0, 0.1) is 0 Å². The molecule has 0 saturated carbocycles. The Hall–Kier alpha value is -4.55. The number of hydrogen-bond acceptors (Lipinski definition) is 8. The third-order valence-electron chi connectivity index (χ3n) is 9.12. The van der Waals surface area contributed by atoms with Crippen LogP contribution in [0.1, 0.15) is 99.7 Å². The fourth-order valence-corrected chi connectivity index (χ4v) is 6.34. The Balaban J connectivity index is 1.13. The van der Waals surface area contributed by atoms with E-state index in [1.54, 1.807) is 13.2 Å². The SMILES string of the molecule is COC1CN(CCNC(=O)c2cc(NC(=O)N[C@H]3CC[C@@H](Oc4ccc5nnc(C(C)(C)C)n5c4)c4ccccc43)cc(C(C)(C)C)n2)C1. The molecular weight excluding hydrogens is 620 g/mol. The van der Waals surface area contributed by atoms with Crippen molar-refractivity contribution in [3.63, 3.8) is 0 Å². The standard InChI is InChI=1S/C37H48N8O4/c1-36(2,3)31-19-23(18-29(40-31)33(46)38-16-17-44-20-25(21-44)48-7)39-35(47)41-28-13-14-30(27-11-9-8-10-26(27)28)49-24-12-15-32-42-43-34(37(4,5)6)45(32)22-24/h8-12,15,18-19,22,25,28,30H,13-14,16-17,20-21H2,1-7H3,(H,38,46)(H2,39,40,41,47)/t28-,30+/m0/s1. The molecule has 12 heteroatoms. The molecule has 2 aliphatic rings. The van der Waals surface area contributed by atoms with Gasteiger partial charge in [0, 0.05) is 55.5 Å². The third-order valence-corrected chi connectivity index (χ3v) is 9.12. The van der Waals surface area contributed by atoms with E-state index in [4.69, 9.17) is 9.47 Å². The lowest BCUT2D eigenvalue weighted by Crippen LogP contribution is -2.53. The van der Waals surface area contributed by atoms with E-state index < -0.39 is 0 Å². The normalized spacial score (nSPS) is 18.4. The lowest BCUT2D eigenvalue weighted by atomic mass is 9.85. The molecule has 3 aromatic heterocycles. The average molecular weight is 669 g/mol. The summed E-state index contributed by atoms with van der Waals surface area (Å²) in [6.45, 7) is 15.4. The zero-order chi connectivity index (χ0) is 34.9. The number of ether oxygens (including phenoxy) is 2. The fourth-order valence-electron chi connectivity index (χ4n) is 6.34. The predicted octanol–water partition coefficient (Wildman–Crippen LogP) is 5.56. The number of fused-ring (bicyclic) bond motifs is 2. The highest BCUT2D eigenvalue weighted by Crippen LogP contribution is 2.39. The number of benzene rings is 1. The second-order valence-corrected chi connectivity index (χ2v) is 15.1. The molecular formula is C37H48N8O4. The highest BCUT2D eigenvalue weighted by molar-refractivity contribution is 5.95. The van der Waals surface area contributed by atoms with Crippen LogP contribution in [0.2, 0.25) is 0 Å². The van der Waals surface area contributed by atoms with Crippen molar-refractivity contribution in [3.8, 4) is 5.75 Å². The number of carbonyl (C=O) groups excluding carboxylic acids is 2. The van der Waals surface area contributed by atoms with Gasteiger partial charge in [-0.05, 0) is 48.2 Å². The monoisotopic (exact) mass is 668 g/mol. The fraction of sp³-hybridized carbons (Fsp3) is 0.486. The van der Waals surface area contributed by atoms with Gasteiger partial charge in [-0.1, -0.05) is 65.8 Å². The van der Waals surface area contributed by atoms with Crippen molar-refractivity contribution in [1.82, 2.24) is 35.1 Å². The van der Waals surface area contributed by atoms with Gasteiger partial charge in [0.2, 0.25) is 0 Å². The number of carbonyl (C=O) groups is 2. The van der Waals surface area contributed by atoms with Gasteiger partial charge < -0.3 is 25.4 Å². The molecule has 3 amide bonds. The first-order valence-electron chi connectivity index (χ1n) is 17.0. The van der Waals surface area contributed by atoms with E-state index in [2.05, 4.69) is 62.9 Å². The number of nitrogens with one attached hydrogen (secondary N) is 3. The van der Waals surface area contributed by atoms with Gasteiger partial charge in [-0.25, -0.2) is 9.78 Å². The first kappa shape index (κ1) is 34.3. The smallest absolute Gasteiger partial charge is 0.319 e.